The van der Waals surface area contributed by atoms with Gasteiger partial charge in [-0.25, -0.2) is 0 Å². The number of nitrogens with zero attached hydrogens (tertiary/aromatic N) is 2. The zero-order valence-electron chi connectivity index (χ0n) is 32.2. The molecule has 0 spiro atoms. The lowest BCUT2D eigenvalue weighted by Gasteiger charge is -2.42. The molecule has 0 N–H and O–H groups in total. The fourth-order valence-corrected chi connectivity index (χ4v) is 8.59. The van der Waals surface area contributed by atoms with Gasteiger partial charge >= 0.3 is 6.85 Å². The van der Waals surface area contributed by atoms with Crippen molar-refractivity contribution in [3.8, 4) is 34.1 Å². The van der Waals surface area contributed by atoms with Gasteiger partial charge in [0.05, 0.1) is 0 Å². The number of aromatic nitrogens is 1. The van der Waals surface area contributed by atoms with E-state index < -0.39 is 0 Å². The molecular formula is C50H43BN2O2. The molecule has 268 valence electrons. The van der Waals surface area contributed by atoms with Crippen LogP contribution in [0.5, 0.6) is 23.0 Å². The Hall–Kier alpha value is -6.20. The van der Waals surface area contributed by atoms with Crippen LogP contribution >= 0.6 is 0 Å². The Morgan fingerprint density at radius 2 is 1.07 bits per heavy atom. The molecule has 0 saturated carbocycles. The third-order valence-corrected chi connectivity index (χ3v) is 11.3. The number of hydrogen-bond acceptors (Lipinski definition) is 3. The molecule has 0 radical (unpaired) electrons. The van der Waals surface area contributed by atoms with Gasteiger partial charge in [0.25, 0.3) is 0 Å². The molecule has 1 aromatic heterocycles. The normalized spacial score (nSPS) is 13.2. The van der Waals surface area contributed by atoms with Crippen LogP contribution < -0.4 is 25.3 Å². The molecule has 55 heavy (non-hydrogen) atoms. The van der Waals surface area contributed by atoms with Crippen LogP contribution in [0.1, 0.15) is 52.7 Å². The van der Waals surface area contributed by atoms with Gasteiger partial charge in [-0.1, -0.05) is 114 Å². The molecule has 0 saturated heterocycles. The van der Waals surface area contributed by atoms with Gasteiger partial charge in [-0.15, -0.1) is 0 Å². The van der Waals surface area contributed by atoms with Crippen molar-refractivity contribution in [2.75, 3.05) is 4.90 Å². The van der Waals surface area contributed by atoms with E-state index in [1.165, 1.54) is 50.1 Å². The third-order valence-electron chi connectivity index (χ3n) is 11.3. The van der Waals surface area contributed by atoms with Crippen LogP contribution in [0.15, 0.2) is 152 Å². The molecule has 2 aliphatic heterocycles. The number of ether oxygens (including phenoxy) is 2. The van der Waals surface area contributed by atoms with Crippen LogP contribution in [-0.4, -0.2) is 11.3 Å². The van der Waals surface area contributed by atoms with Crippen LogP contribution in [-0.2, 0) is 10.8 Å². The maximum Gasteiger partial charge on any atom is 0.333 e. The van der Waals surface area contributed by atoms with Gasteiger partial charge in [0.2, 0.25) is 0 Å². The highest BCUT2D eigenvalue weighted by Crippen LogP contribution is 2.49. The van der Waals surface area contributed by atoms with Crippen molar-refractivity contribution in [2.45, 2.75) is 52.4 Å². The Morgan fingerprint density at radius 1 is 0.473 bits per heavy atom. The van der Waals surface area contributed by atoms with Crippen LogP contribution in [0.2, 0.25) is 0 Å². The summed E-state index contributed by atoms with van der Waals surface area (Å²) >= 11 is 0. The molecule has 7 aromatic carbocycles. The van der Waals surface area contributed by atoms with Crippen LogP contribution in [0.25, 0.3) is 32.9 Å². The average molecular weight is 715 g/mol. The van der Waals surface area contributed by atoms with Crippen molar-refractivity contribution in [1.29, 1.82) is 0 Å². The molecule has 0 amide bonds. The molecule has 2 aliphatic rings. The number of benzene rings is 7. The second kappa shape index (κ2) is 12.2. The SMILES string of the molecule is CC(C)(C)c1ccc2c(c1)N(c1ccccc1)c1cc(C(C)(C)C)cc3c1B2n1c2ccc(Oc4ccccc4)cc2c2cc(Oc4ccccc4)cc-3c21. The molecule has 0 fully saturated rings. The van der Waals surface area contributed by atoms with E-state index in [2.05, 4.69) is 142 Å². The van der Waals surface area contributed by atoms with E-state index in [1.807, 2.05) is 60.7 Å². The second-order valence-electron chi connectivity index (χ2n) is 17.0. The van der Waals surface area contributed by atoms with Crippen LogP contribution in [0.4, 0.5) is 17.1 Å². The van der Waals surface area contributed by atoms with E-state index in [1.54, 1.807) is 0 Å². The Labute approximate surface area is 323 Å². The lowest BCUT2D eigenvalue weighted by molar-refractivity contribution is 0.483. The molecular weight excluding hydrogens is 671 g/mol. The Kier molecular flexibility index (Phi) is 7.38. The Balaban J connectivity index is 1.33. The van der Waals surface area contributed by atoms with E-state index in [9.17, 15) is 0 Å². The van der Waals surface area contributed by atoms with Gasteiger partial charge in [0, 0.05) is 44.4 Å². The van der Waals surface area contributed by atoms with Gasteiger partial charge in [-0.3, -0.25) is 0 Å². The first-order chi connectivity index (χ1) is 26.5. The third kappa shape index (κ3) is 5.44. The average Bonchev–Trinajstić information content (AvgIpc) is 3.49. The molecule has 4 nitrogen and oxygen atoms in total. The topological polar surface area (TPSA) is 26.6 Å². The number of fused-ring (bicyclic) bond motifs is 7. The van der Waals surface area contributed by atoms with Crippen molar-refractivity contribution in [1.82, 2.24) is 4.48 Å². The molecule has 5 heteroatoms. The molecule has 10 rings (SSSR count). The van der Waals surface area contributed by atoms with Crippen LogP contribution in [0, 0.1) is 0 Å². The Bertz CT molecular complexity index is 2780. The maximum absolute atomic E-state index is 6.69. The van der Waals surface area contributed by atoms with Crippen molar-refractivity contribution in [3.63, 3.8) is 0 Å². The fraction of sp³-hybridized carbons (Fsp3) is 0.160. The van der Waals surface area contributed by atoms with Gasteiger partial charge in [-0.2, -0.15) is 0 Å². The first kappa shape index (κ1) is 33.4. The smallest absolute Gasteiger partial charge is 0.333 e. The summed E-state index contributed by atoms with van der Waals surface area (Å²) in [6.45, 7) is 13.8. The number of hydrogen-bond donors (Lipinski definition) is 0. The molecule has 0 atom stereocenters. The monoisotopic (exact) mass is 714 g/mol. The van der Waals surface area contributed by atoms with Crippen LogP contribution in [0.3, 0.4) is 0 Å². The van der Waals surface area contributed by atoms with Crippen molar-refractivity contribution in [2.24, 2.45) is 0 Å². The summed E-state index contributed by atoms with van der Waals surface area (Å²) in [5.41, 5.74) is 13.5. The fourth-order valence-electron chi connectivity index (χ4n) is 8.59. The lowest BCUT2D eigenvalue weighted by atomic mass is 9.44. The van der Waals surface area contributed by atoms with Gasteiger partial charge in [0.1, 0.15) is 23.0 Å². The molecule has 3 heterocycles. The second-order valence-corrected chi connectivity index (χ2v) is 17.0. The van der Waals surface area contributed by atoms with E-state index in [4.69, 9.17) is 9.47 Å². The predicted molar refractivity (Wildman–Crippen MR) is 230 cm³/mol. The van der Waals surface area contributed by atoms with E-state index in [-0.39, 0.29) is 17.7 Å². The number of rotatable bonds is 5. The predicted octanol–water partition coefficient (Wildman–Crippen LogP) is 12.4. The maximum atomic E-state index is 6.69. The summed E-state index contributed by atoms with van der Waals surface area (Å²) in [6.07, 6.45) is 0. The van der Waals surface area contributed by atoms with E-state index >= 15 is 0 Å². The van der Waals surface area contributed by atoms with Gasteiger partial charge < -0.3 is 18.9 Å². The minimum atomic E-state index is -0.0952. The van der Waals surface area contributed by atoms with Gasteiger partial charge in [0.15, 0.2) is 0 Å². The zero-order chi connectivity index (χ0) is 37.6. The minimum Gasteiger partial charge on any atom is -0.457 e. The summed E-state index contributed by atoms with van der Waals surface area (Å²) in [4.78, 5) is 2.51. The lowest BCUT2D eigenvalue weighted by Crippen LogP contribution is -2.57. The largest absolute Gasteiger partial charge is 0.457 e. The van der Waals surface area contributed by atoms with Crippen molar-refractivity contribution < 1.29 is 9.47 Å². The van der Waals surface area contributed by atoms with E-state index in [0.29, 0.717) is 0 Å². The molecule has 0 unspecified atom stereocenters. The minimum absolute atomic E-state index is 0.0209. The Morgan fingerprint density at radius 3 is 1.73 bits per heavy atom. The highest BCUT2D eigenvalue weighted by Gasteiger charge is 2.44. The summed E-state index contributed by atoms with van der Waals surface area (Å²) < 4.78 is 15.7. The van der Waals surface area contributed by atoms with Gasteiger partial charge in [-0.05, 0) is 117 Å². The summed E-state index contributed by atoms with van der Waals surface area (Å²) in [7, 11) is 0. The van der Waals surface area contributed by atoms with E-state index in [0.717, 1.165) is 45.0 Å². The summed E-state index contributed by atoms with van der Waals surface area (Å²) in [6, 6.07) is 54.1. The first-order valence-corrected chi connectivity index (χ1v) is 19.3. The number of para-hydroxylation sites is 3. The zero-order valence-corrected chi connectivity index (χ0v) is 32.2. The standard InChI is InChI=1S/C50H43BN2O2/c1-49(2,3)32-22-24-43-45(27-32)52(34-16-10-7-11-17-34)46-28-33(50(4,5)6)26-40-42-31-38(55-36-20-14-9-15-21-36)30-41-39-29-37(54-35-18-12-8-13-19-35)23-25-44(39)53(48(41)42)51(43)47(40)46/h7-31H,1-6H3. The first-order valence-electron chi connectivity index (χ1n) is 19.3. The van der Waals surface area contributed by atoms with Crippen molar-refractivity contribution >= 4 is 56.6 Å². The molecule has 8 aromatic rings. The number of anilines is 3. The molecule has 0 aliphatic carbocycles. The quantitative estimate of drug-likeness (QED) is 0.166. The summed E-state index contributed by atoms with van der Waals surface area (Å²) in [5.74, 6) is 3.23. The highest BCUT2D eigenvalue weighted by atomic mass is 16.5. The molecule has 0 bridgehead atoms. The highest BCUT2D eigenvalue weighted by molar-refractivity contribution is 6.90. The summed E-state index contributed by atoms with van der Waals surface area (Å²) in [5, 5.41) is 2.27. The van der Waals surface area contributed by atoms with Crippen molar-refractivity contribution in [3.05, 3.63) is 163 Å².